The van der Waals surface area contributed by atoms with E-state index in [0.717, 1.165) is 0 Å². The van der Waals surface area contributed by atoms with Crippen LogP contribution in [0.3, 0.4) is 0 Å². The van der Waals surface area contributed by atoms with Crippen LogP contribution in [0.15, 0.2) is 0 Å². The van der Waals surface area contributed by atoms with Crippen LogP contribution >= 0.6 is 0 Å². The smallest absolute Gasteiger partial charge is 0.314 e. The van der Waals surface area contributed by atoms with Crippen molar-refractivity contribution in [1.82, 2.24) is 10.6 Å². The van der Waals surface area contributed by atoms with Gasteiger partial charge in [-0.05, 0) is 0 Å². The maximum atomic E-state index is 11.3. The van der Waals surface area contributed by atoms with E-state index in [0.29, 0.717) is 26.4 Å². The number of carbonyl (C=O) groups is 2. The van der Waals surface area contributed by atoms with E-state index in [1.807, 2.05) is 0 Å². The van der Waals surface area contributed by atoms with E-state index in [1.165, 1.54) is 6.92 Å². The summed E-state index contributed by atoms with van der Waals surface area (Å²) in [6.45, 7) is 3.56. The topological polar surface area (TPSA) is 96.9 Å². The number of urea groups is 1. The van der Waals surface area contributed by atoms with Gasteiger partial charge in [-0.2, -0.15) is 0 Å². The van der Waals surface area contributed by atoms with Crippen molar-refractivity contribution in [3.63, 3.8) is 0 Å². The van der Waals surface area contributed by atoms with Crippen molar-refractivity contribution in [3.8, 4) is 0 Å². The first kappa shape index (κ1) is 13.7. The lowest BCUT2D eigenvalue weighted by molar-refractivity contribution is -0.140. The maximum absolute atomic E-state index is 11.3. The fourth-order valence-electron chi connectivity index (χ4n) is 1.26. The van der Waals surface area contributed by atoms with E-state index in [1.54, 1.807) is 0 Å². The molecule has 1 aliphatic heterocycles. The Hall–Kier alpha value is -1.34. The molecule has 1 aliphatic rings. The number of nitrogens with one attached hydrogen (secondary N) is 2. The van der Waals surface area contributed by atoms with E-state index in [-0.39, 0.29) is 12.6 Å². The average Bonchev–Trinajstić information content (AvgIpc) is 2.34. The Morgan fingerprint density at radius 3 is 2.76 bits per heavy atom. The van der Waals surface area contributed by atoms with Crippen molar-refractivity contribution in [2.75, 3.05) is 32.9 Å². The molecule has 17 heavy (non-hydrogen) atoms. The molecule has 7 heteroatoms. The summed E-state index contributed by atoms with van der Waals surface area (Å²) in [4.78, 5) is 21.8. The lowest BCUT2D eigenvalue weighted by atomic mass is 10.2. The predicted octanol–water partition coefficient (Wildman–Crippen LogP) is -0.578. The molecule has 98 valence electrons. The van der Waals surface area contributed by atoms with Gasteiger partial charge in [-0.25, -0.2) is 4.79 Å². The molecule has 0 spiro atoms. The van der Waals surface area contributed by atoms with Crippen LogP contribution < -0.4 is 10.6 Å². The molecule has 0 aliphatic carbocycles. The first-order chi connectivity index (χ1) is 8.09. The molecule has 7 nitrogen and oxygen atoms in total. The number of hydrogen-bond acceptors (Lipinski definition) is 4. The molecule has 0 saturated carbocycles. The molecule has 0 bridgehead atoms. The van der Waals surface area contributed by atoms with E-state index in [4.69, 9.17) is 14.6 Å². The van der Waals surface area contributed by atoms with E-state index in [2.05, 4.69) is 10.6 Å². The Bertz CT molecular complexity index is 265. The van der Waals surface area contributed by atoms with Gasteiger partial charge in [0, 0.05) is 13.1 Å². The van der Waals surface area contributed by atoms with Gasteiger partial charge in [0.1, 0.15) is 0 Å². The molecule has 0 aromatic carbocycles. The zero-order valence-electron chi connectivity index (χ0n) is 9.77. The summed E-state index contributed by atoms with van der Waals surface area (Å²) in [6.07, 6.45) is -0.133. The van der Waals surface area contributed by atoms with Gasteiger partial charge < -0.3 is 25.2 Å². The zero-order valence-corrected chi connectivity index (χ0v) is 9.77. The molecule has 2 atom stereocenters. The maximum Gasteiger partial charge on any atom is 0.314 e. The van der Waals surface area contributed by atoms with Gasteiger partial charge in [0.2, 0.25) is 0 Å². The lowest BCUT2D eigenvalue weighted by Crippen LogP contribution is -2.45. The highest BCUT2D eigenvalue weighted by molar-refractivity contribution is 5.75. The van der Waals surface area contributed by atoms with Gasteiger partial charge >= 0.3 is 12.0 Å². The van der Waals surface area contributed by atoms with Gasteiger partial charge in [-0.3, -0.25) is 4.79 Å². The number of amides is 2. The summed E-state index contributed by atoms with van der Waals surface area (Å²) in [5.41, 5.74) is 0. The molecule has 1 saturated heterocycles. The Balaban J connectivity index is 2.10. The van der Waals surface area contributed by atoms with Crippen LogP contribution in [0.5, 0.6) is 0 Å². The number of carboxylic acids is 1. The van der Waals surface area contributed by atoms with Gasteiger partial charge in [0.05, 0.1) is 31.8 Å². The second-order valence-corrected chi connectivity index (χ2v) is 3.90. The minimum Gasteiger partial charge on any atom is -0.481 e. The van der Waals surface area contributed by atoms with Crippen molar-refractivity contribution in [2.24, 2.45) is 5.92 Å². The lowest BCUT2D eigenvalue weighted by Gasteiger charge is -2.23. The summed E-state index contributed by atoms with van der Waals surface area (Å²) in [7, 11) is 0. The molecule has 0 radical (unpaired) electrons. The van der Waals surface area contributed by atoms with Crippen molar-refractivity contribution in [3.05, 3.63) is 0 Å². The monoisotopic (exact) mass is 246 g/mol. The molecule has 1 heterocycles. The van der Waals surface area contributed by atoms with Crippen LogP contribution in [-0.2, 0) is 14.3 Å². The van der Waals surface area contributed by atoms with Crippen molar-refractivity contribution < 1.29 is 24.2 Å². The van der Waals surface area contributed by atoms with Gasteiger partial charge in [-0.1, -0.05) is 6.92 Å². The average molecular weight is 246 g/mol. The van der Waals surface area contributed by atoms with E-state index < -0.39 is 17.9 Å². The third-order valence-corrected chi connectivity index (χ3v) is 2.37. The first-order valence-corrected chi connectivity index (χ1v) is 5.53. The Morgan fingerprint density at radius 1 is 1.41 bits per heavy atom. The third-order valence-electron chi connectivity index (χ3n) is 2.37. The molecule has 1 rings (SSSR count). The number of aliphatic carboxylic acids is 1. The Kier molecular flexibility index (Phi) is 5.71. The second-order valence-electron chi connectivity index (χ2n) is 3.90. The predicted molar refractivity (Wildman–Crippen MR) is 58.8 cm³/mol. The number of ether oxygens (including phenoxy) is 2. The van der Waals surface area contributed by atoms with Crippen molar-refractivity contribution in [1.29, 1.82) is 0 Å². The minimum absolute atomic E-state index is 0.100. The fraction of sp³-hybridized carbons (Fsp3) is 0.800. The number of carboxylic acid groups (broad SMARTS) is 1. The molecule has 2 amide bonds. The van der Waals surface area contributed by atoms with Crippen LogP contribution in [0.4, 0.5) is 4.79 Å². The Labute approximate surface area is 99.5 Å². The Morgan fingerprint density at radius 2 is 2.18 bits per heavy atom. The summed E-state index contributed by atoms with van der Waals surface area (Å²) < 4.78 is 10.5. The van der Waals surface area contributed by atoms with Gasteiger partial charge in [-0.15, -0.1) is 0 Å². The third kappa shape index (κ3) is 5.50. The zero-order chi connectivity index (χ0) is 12.7. The fourth-order valence-corrected chi connectivity index (χ4v) is 1.26. The van der Waals surface area contributed by atoms with Gasteiger partial charge in [0.25, 0.3) is 0 Å². The van der Waals surface area contributed by atoms with Crippen LogP contribution in [0.1, 0.15) is 6.92 Å². The van der Waals surface area contributed by atoms with Crippen LogP contribution in [0.25, 0.3) is 0 Å². The molecule has 0 aromatic heterocycles. The summed E-state index contributed by atoms with van der Waals surface area (Å²) in [6, 6.07) is -0.396. The second kappa shape index (κ2) is 7.08. The van der Waals surface area contributed by atoms with Gasteiger partial charge in [0.15, 0.2) is 0 Å². The minimum atomic E-state index is -0.936. The number of rotatable bonds is 5. The van der Waals surface area contributed by atoms with Crippen LogP contribution in [0, 0.1) is 5.92 Å². The molecular weight excluding hydrogens is 228 g/mol. The SMILES string of the molecule is CC(CNC(=O)NCC1COCCO1)C(=O)O. The molecule has 2 unspecified atom stereocenters. The molecular formula is C10H18N2O5. The highest BCUT2D eigenvalue weighted by atomic mass is 16.6. The number of hydrogen-bond donors (Lipinski definition) is 3. The van der Waals surface area contributed by atoms with Crippen LogP contribution in [-0.4, -0.2) is 56.1 Å². The van der Waals surface area contributed by atoms with Crippen molar-refractivity contribution >= 4 is 12.0 Å². The molecule has 1 fully saturated rings. The first-order valence-electron chi connectivity index (χ1n) is 5.53. The highest BCUT2D eigenvalue weighted by Gasteiger charge is 2.16. The van der Waals surface area contributed by atoms with E-state index >= 15 is 0 Å². The standard InChI is InChI=1S/C10H18N2O5/c1-7(9(13)14)4-11-10(15)12-5-8-6-16-2-3-17-8/h7-8H,2-6H2,1H3,(H,13,14)(H2,11,12,15). The summed E-state index contributed by atoms with van der Waals surface area (Å²) >= 11 is 0. The molecule has 3 N–H and O–H groups in total. The normalized spacial score (nSPS) is 21.6. The quantitative estimate of drug-likeness (QED) is 0.603. The van der Waals surface area contributed by atoms with Crippen LogP contribution in [0.2, 0.25) is 0 Å². The van der Waals surface area contributed by atoms with Crippen molar-refractivity contribution in [2.45, 2.75) is 13.0 Å². The summed E-state index contributed by atoms with van der Waals surface area (Å²) in [5, 5.41) is 13.7. The summed E-state index contributed by atoms with van der Waals surface area (Å²) in [5.74, 6) is -1.54. The van der Waals surface area contributed by atoms with E-state index in [9.17, 15) is 9.59 Å². The number of carbonyl (C=O) groups excluding carboxylic acids is 1. The highest BCUT2D eigenvalue weighted by Crippen LogP contribution is 1.98. The molecule has 0 aromatic rings. The largest absolute Gasteiger partial charge is 0.481 e.